The maximum absolute atomic E-state index is 13.0. The van der Waals surface area contributed by atoms with Crippen LogP contribution in [0.1, 0.15) is 36.8 Å². The number of carbonyl (C=O) groups excluding carboxylic acids is 1. The first-order chi connectivity index (χ1) is 17.5. The van der Waals surface area contributed by atoms with Gasteiger partial charge < -0.3 is 4.52 Å². The van der Waals surface area contributed by atoms with Gasteiger partial charge in [-0.1, -0.05) is 48.5 Å². The molecule has 0 N–H and O–H groups in total. The quantitative estimate of drug-likeness (QED) is 0.519. The summed E-state index contributed by atoms with van der Waals surface area (Å²) in [6, 6.07) is 9.95. The minimum Gasteiger partial charge on any atom is -0.334 e. The molecule has 0 spiro atoms. The van der Waals surface area contributed by atoms with Crippen molar-refractivity contribution < 1.29 is 9.32 Å². The zero-order valence-corrected chi connectivity index (χ0v) is 20.2. The van der Waals surface area contributed by atoms with Gasteiger partial charge in [0.2, 0.25) is 0 Å². The Balaban J connectivity index is 1.49. The molecule has 7 heteroatoms. The highest BCUT2D eigenvalue weighted by molar-refractivity contribution is 6.02. The lowest BCUT2D eigenvalue weighted by molar-refractivity contribution is -0.122. The lowest BCUT2D eigenvalue weighted by Gasteiger charge is -2.51. The van der Waals surface area contributed by atoms with Gasteiger partial charge in [-0.3, -0.25) is 4.79 Å². The number of hydrogen-bond donors (Lipinski definition) is 0. The van der Waals surface area contributed by atoms with Crippen molar-refractivity contribution in [2.45, 2.75) is 38.5 Å². The SMILES string of the molecule is Cc1noc(-c2ccc(-c3ncc4c(n3)[C@@]3(C5C=CC=CC5)C=C(C#N)C(=O)[C@@H](C)[C@@H]3CC4)cc2)n1. The second-order valence-corrected chi connectivity index (χ2v) is 9.85. The Labute approximate surface area is 209 Å². The van der Waals surface area contributed by atoms with Crippen molar-refractivity contribution in [3.05, 3.63) is 83.5 Å². The van der Waals surface area contributed by atoms with Gasteiger partial charge in [0.15, 0.2) is 17.4 Å². The van der Waals surface area contributed by atoms with Crippen LogP contribution in [0.25, 0.3) is 22.8 Å². The van der Waals surface area contributed by atoms with Gasteiger partial charge in [-0.25, -0.2) is 9.97 Å². The Morgan fingerprint density at radius 3 is 2.64 bits per heavy atom. The second-order valence-electron chi connectivity index (χ2n) is 9.85. The molecule has 6 rings (SSSR count). The van der Waals surface area contributed by atoms with Crippen LogP contribution >= 0.6 is 0 Å². The van der Waals surface area contributed by atoms with Crippen LogP contribution in [0, 0.1) is 36.0 Å². The van der Waals surface area contributed by atoms with Crippen LogP contribution in [0.5, 0.6) is 0 Å². The fourth-order valence-corrected chi connectivity index (χ4v) is 6.16. The van der Waals surface area contributed by atoms with Gasteiger partial charge in [0.25, 0.3) is 5.89 Å². The van der Waals surface area contributed by atoms with E-state index in [0.29, 0.717) is 17.5 Å². The van der Waals surface area contributed by atoms with E-state index >= 15 is 0 Å². The van der Waals surface area contributed by atoms with E-state index in [9.17, 15) is 10.1 Å². The molecule has 0 bridgehead atoms. The van der Waals surface area contributed by atoms with Gasteiger partial charge in [-0.15, -0.1) is 0 Å². The molecule has 0 aliphatic heterocycles. The van der Waals surface area contributed by atoms with Crippen LogP contribution < -0.4 is 0 Å². The third kappa shape index (κ3) is 3.36. The van der Waals surface area contributed by atoms with E-state index in [-0.39, 0.29) is 29.1 Å². The average Bonchev–Trinajstić information content (AvgIpc) is 3.37. The van der Waals surface area contributed by atoms with Gasteiger partial charge in [-0.05, 0) is 61.8 Å². The van der Waals surface area contributed by atoms with Crippen LogP contribution in [0.3, 0.4) is 0 Å². The van der Waals surface area contributed by atoms with E-state index in [1.165, 1.54) is 0 Å². The standard InChI is InChI=1S/C29H25N5O2/c1-17-24-13-12-21-16-31-27(19-8-10-20(11-9-19)28-32-18(2)34-36-28)33-26(21)29(24,14-22(15-30)25(17)35)23-6-4-3-5-7-23/h3-6,8-11,14,16-17,23-24H,7,12-13H2,1-2H3/t17-,23?,24-,29+/m0/s1. The minimum atomic E-state index is -0.536. The van der Waals surface area contributed by atoms with Gasteiger partial charge in [-0.2, -0.15) is 10.2 Å². The van der Waals surface area contributed by atoms with Gasteiger partial charge in [0.1, 0.15) is 6.07 Å². The summed E-state index contributed by atoms with van der Waals surface area (Å²) in [6.07, 6.45) is 14.9. The molecule has 1 aromatic carbocycles. The monoisotopic (exact) mass is 475 g/mol. The zero-order valence-electron chi connectivity index (χ0n) is 20.2. The fraction of sp³-hybridized carbons (Fsp3) is 0.310. The van der Waals surface area contributed by atoms with Crippen LogP contribution in [0.4, 0.5) is 0 Å². The molecular weight excluding hydrogens is 450 g/mol. The van der Waals surface area contributed by atoms with E-state index in [1.807, 2.05) is 43.5 Å². The average molecular weight is 476 g/mol. The number of rotatable bonds is 3. The summed E-state index contributed by atoms with van der Waals surface area (Å²) in [4.78, 5) is 27.2. The van der Waals surface area contributed by atoms with Crippen molar-refractivity contribution >= 4 is 5.78 Å². The van der Waals surface area contributed by atoms with E-state index in [1.54, 1.807) is 6.92 Å². The molecule has 2 heterocycles. The second kappa shape index (κ2) is 8.49. The Hall–Kier alpha value is -4.18. The number of aromatic nitrogens is 4. The normalized spacial score (nSPS) is 26.6. The number of allylic oxidation sites excluding steroid dienone is 6. The summed E-state index contributed by atoms with van der Waals surface area (Å²) < 4.78 is 5.28. The molecule has 1 unspecified atom stereocenters. The van der Waals surface area contributed by atoms with E-state index in [2.05, 4.69) is 40.5 Å². The molecular formula is C29H25N5O2. The predicted octanol–water partition coefficient (Wildman–Crippen LogP) is 5.10. The van der Waals surface area contributed by atoms with Crippen LogP contribution in [-0.4, -0.2) is 25.9 Å². The van der Waals surface area contributed by atoms with E-state index < -0.39 is 5.41 Å². The van der Waals surface area contributed by atoms with Crippen molar-refractivity contribution in [3.63, 3.8) is 0 Å². The summed E-state index contributed by atoms with van der Waals surface area (Å²) >= 11 is 0. The Bertz CT molecular complexity index is 1490. The lowest BCUT2D eigenvalue weighted by Crippen LogP contribution is -2.51. The highest BCUT2D eigenvalue weighted by Gasteiger charge is 2.55. The minimum absolute atomic E-state index is 0.0574. The molecule has 36 heavy (non-hydrogen) atoms. The first kappa shape index (κ1) is 22.3. The molecule has 178 valence electrons. The largest absolute Gasteiger partial charge is 0.334 e. The smallest absolute Gasteiger partial charge is 0.257 e. The fourth-order valence-electron chi connectivity index (χ4n) is 6.16. The third-order valence-corrected chi connectivity index (χ3v) is 7.91. The molecule has 7 nitrogen and oxygen atoms in total. The van der Waals surface area contributed by atoms with Crippen molar-refractivity contribution in [3.8, 4) is 28.9 Å². The molecule has 0 amide bonds. The van der Waals surface area contributed by atoms with Crippen LogP contribution in [0.15, 0.2) is 70.9 Å². The number of nitrogens with zero attached hydrogens (tertiary/aromatic N) is 5. The van der Waals surface area contributed by atoms with Crippen LogP contribution in [-0.2, 0) is 16.6 Å². The number of benzene rings is 1. The maximum atomic E-state index is 13.0. The molecule has 0 fully saturated rings. The summed E-state index contributed by atoms with van der Waals surface area (Å²) in [6.45, 7) is 3.76. The van der Waals surface area contributed by atoms with Gasteiger partial charge >= 0.3 is 0 Å². The molecule has 0 radical (unpaired) electrons. The predicted molar refractivity (Wildman–Crippen MR) is 133 cm³/mol. The molecule has 4 atom stereocenters. The topological polar surface area (TPSA) is 106 Å². The number of Topliss-reactive ketones (excluding diaryl/α,β-unsaturated/α-hetero) is 1. The number of carbonyl (C=O) groups is 1. The number of aryl methyl sites for hydroxylation is 2. The lowest BCUT2D eigenvalue weighted by atomic mass is 9.51. The number of ketones is 1. The summed E-state index contributed by atoms with van der Waals surface area (Å²) in [5.41, 5.74) is 3.44. The number of nitriles is 1. The first-order valence-corrected chi connectivity index (χ1v) is 12.3. The maximum Gasteiger partial charge on any atom is 0.257 e. The number of hydrogen-bond acceptors (Lipinski definition) is 7. The molecule has 3 aliphatic rings. The molecule has 2 aromatic heterocycles. The van der Waals surface area contributed by atoms with E-state index in [4.69, 9.17) is 14.5 Å². The van der Waals surface area contributed by atoms with Crippen molar-refractivity contribution in [2.75, 3.05) is 0 Å². The van der Waals surface area contributed by atoms with E-state index in [0.717, 1.165) is 41.6 Å². The molecule has 0 saturated carbocycles. The molecule has 3 aromatic rings. The Kier molecular flexibility index (Phi) is 5.26. The van der Waals surface area contributed by atoms with Gasteiger partial charge in [0.05, 0.1) is 11.3 Å². The Morgan fingerprint density at radius 2 is 1.94 bits per heavy atom. The van der Waals surface area contributed by atoms with Gasteiger partial charge in [0, 0.05) is 28.7 Å². The zero-order chi connectivity index (χ0) is 24.9. The molecule has 3 aliphatic carbocycles. The van der Waals surface area contributed by atoms with Crippen molar-refractivity contribution in [1.82, 2.24) is 20.1 Å². The van der Waals surface area contributed by atoms with Crippen molar-refractivity contribution in [1.29, 1.82) is 5.26 Å². The number of fused-ring (bicyclic) bond motifs is 3. The highest BCUT2D eigenvalue weighted by Crippen LogP contribution is 2.55. The van der Waals surface area contributed by atoms with Crippen LogP contribution in [0.2, 0.25) is 0 Å². The summed E-state index contributed by atoms with van der Waals surface area (Å²) in [7, 11) is 0. The highest BCUT2D eigenvalue weighted by atomic mass is 16.5. The summed E-state index contributed by atoms with van der Waals surface area (Å²) in [5, 5.41) is 13.7. The summed E-state index contributed by atoms with van der Waals surface area (Å²) in [5.74, 6) is 1.56. The first-order valence-electron chi connectivity index (χ1n) is 12.3. The molecule has 0 saturated heterocycles. The third-order valence-electron chi connectivity index (χ3n) is 7.91. The Morgan fingerprint density at radius 1 is 1.14 bits per heavy atom. The van der Waals surface area contributed by atoms with Crippen molar-refractivity contribution in [2.24, 2.45) is 17.8 Å².